The van der Waals surface area contributed by atoms with Crippen molar-refractivity contribution in [2.75, 3.05) is 9.96 Å². The van der Waals surface area contributed by atoms with E-state index in [0.29, 0.717) is 10.7 Å². The van der Waals surface area contributed by atoms with E-state index in [1.165, 1.54) is 4.90 Å². The van der Waals surface area contributed by atoms with Crippen LogP contribution < -0.4 is 9.96 Å². The Balaban J connectivity index is 1.56. The zero-order valence-electron chi connectivity index (χ0n) is 16.9. The molecule has 0 aliphatic carbocycles. The number of benzene rings is 3. The number of carbonyl (C=O) groups is 2. The summed E-state index contributed by atoms with van der Waals surface area (Å²) in [6.07, 6.45) is 0.0144. The summed E-state index contributed by atoms with van der Waals surface area (Å²) in [4.78, 5) is 34.2. The number of halogens is 1. The van der Waals surface area contributed by atoms with Gasteiger partial charge in [0.25, 0.3) is 5.91 Å². The highest BCUT2D eigenvalue weighted by molar-refractivity contribution is 6.30. The lowest BCUT2D eigenvalue weighted by Crippen LogP contribution is -2.37. The van der Waals surface area contributed by atoms with E-state index in [-0.39, 0.29) is 11.8 Å². The molecule has 2 fully saturated rings. The molecule has 2 amide bonds. The van der Waals surface area contributed by atoms with Gasteiger partial charge in [-0.1, -0.05) is 61.0 Å². The number of carbonyl (C=O) groups excluding carboxylic acids is 2. The predicted molar refractivity (Wildman–Crippen MR) is 120 cm³/mol. The van der Waals surface area contributed by atoms with Crippen molar-refractivity contribution in [1.82, 2.24) is 0 Å². The van der Waals surface area contributed by atoms with Gasteiger partial charge in [-0.15, -0.1) is 0 Å². The van der Waals surface area contributed by atoms with Gasteiger partial charge < -0.3 is 0 Å². The zero-order chi connectivity index (χ0) is 21.5. The average Bonchev–Trinajstić information content (AvgIpc) is 3.31. The van der Waals surface area contributed by atoms with Crippen LogP contribution in [-0.2, 0) is 20.8 Å². The number of fused-ring (bicyclic) bond motifs is 1. The first-order chi connectivity index (χ1) is 15.1. The van der Waals surface area contributed by atoms with Crippen molar-refractivity contribution in [2.45, 2.75) is 25.5 Å². The Morgan fingerprint density at radius 2 is 1.52 bits per heavy atom. The first kappa shape index (κ1) is 19.8. The molecule has 5 nitrogen and oxygen atoms in total. The first-order valence-corrected chi connectivity index (χ1v) is 10.7. The normalized spacial score (nSPS) is 22.8. The van der Waals surface area contributed by atoms with Gasteiger partial charge in [-0.3, -0.25) is 14.4 Å². The van der Waals surface area contributed by atoms with Crippen molar-refractivity contribution >= 4 is 34.8 Å². The second-order valence-corrected chi connectivity index (χ2v) is 8.18. The van der Waals surface area contributed by atoms with E-state index in [1.54, 1.807) is 17.2 Å². The molecule has 5 rings (SSSR count). The molecule has 0 spiro atoms. The predicted octanol–water partition coefficient (Wildman–Crippen LogP) is 4.95. The zero-order valence-corrected chi connectivity index (χ0v) is 17.7. The SMILES string of the molecule is CCc1ccc(N2C(=O)[C@@H]3[C@H](ON(c4ccccc4)[C@H]3c3ccc(Cl)cc3)C2=O)cc1. The van der Waals surface area contributed by atoms with Crippen molar-refractivity contribution in [1.29, 1.82) is 0 Å². The van der Waals surface area contributed by atoms with Crippen molar-refractivity contribution < 1.29 is 14.4 Å². The van der Waals surface area contributed by atoms with Crippen LogP contribution in [0.3, 0.4) is 0 Å². The fraction of sp³-hybridized carbons (Fsp3) is 0.200. The molecule has 0 aromatic heterocycles. The molecule has 0 N–H and O–H groups in total. The van der Waals surface area contributed by atoms with E-state index in [4.69, 9.17) is 16.4 Å². The number of rotatable bonds is 4. The van der Waals surface area contributed by atoms with E-state index in [2.05, 4.69) is 6.92 Å². The third kappa shape index (κ3) is 3.30. The summed E-state index contributed by atoms with van der Waals surface area (Å²) in [5.41, 5.74) is 3.38. The minimum atomic E-state index is -0.876. The third-order valence-electron chi connectivity index (χ3n) is 5.94. The summed E-state index contributed by atoms with van der Waals surface area (Å²) < 4.78 is 0. The molecule has 2 aliphatic rings. The number of anilines is 2. The summed E-state index contributed by atoms with van der Waals surface area (Å²) in [5.74, 6) is -1.24. The van der Waals surface area contributed by atoms with Gasteiger partial charge >= 0.3 is 0 Å². The number of amides is 2. The summed E-state index contributed by atoms with van der Waals surface area (Å²) in [7, 11) is 0. The highest BCUT2D eigenvalue weighted by atomic mass is 35.5. The van der Waals surface area contributed by atoms with Crippen LogP contribution in [0.4, 0.5) is 11.4 Å². The van der Waals surface area contributed by atoms with Gasteiger partial charge in [-0.05, 0) is 53.9 Å². The summed E-state index contributed by atoms with van der Waals surface area (Å²) in [5, 5.41) is 2.29. The van der Waals surface area contributed by atoms with Crippen LogP contribution in [0.5, 0.6) is 0 Å². The summed E-state index contributed by atoms with van der Waals surface area (Å²) >= 11 is 6.09. The van der Waals surface area contributed by atoms with Crippen LogP contribution in [0, 0.1) is 5.92 Å². The smallest absolute Gasteiger partial charge is 0.266 e. The molecular weight excluding hydrogens is 412 g/mol. The number of aryl methyl sites for hydroxylation is 1. The van der Waals surface area contributed by atoms with Crippen molar-refractivity contribution in [3.63, 3.8) is 0 Å². The standard InChI is InChI=1S/C25H21ClN2O3/c1-2-16-8-14-19(15-9-16)27-24(29)21-22(17-10-12-18(26)13-11-17)28(31-23(21)25(27)30)20-6-4-3-5-7-20/h3-15,21-23H,2H2,1H3/t21-,22-,23-/m0/s1. The number of imide groups is 1. The number of para-hydroxylation sites is 1. The Bertz CT molecular complexity index is 1120. The lowest BCUT2D eigenvalue weighted by molar-refractivity contribution is -0.126. The monoisotopic (exact) mass is 432 g/mol. The van der Waals surface area contributed by atoms with Crippen LogP contribution in [0.1, 0.15) is 24.1 Å². The highest BCUT2D eigenvalue weighted by Gasteiger charge is 2.60. The van der Waals surface area contributed by atoms with E-state index < -0.39 is 18.1 Å². The van der Waals surface area contributed by atoms with Crippen molar-refractivity contribution in [2.24, 2.45) is 5.92 Å². The van der Waals surface area contributed by atoms with Gasteiger partial charge in [0.05, 0.1) is 17.4 Å². The van der Waals surface area contributed by atoms with Gasteiger partial charge in [-0.25, -0.2) is 9.96 Å². The molecule has 6 heteroatoms. The van der Waals surface area contributed by atoms with Crippen LogP contribution in [-0.4, -0.2) is 17.9 Å². The molecule has 3 atom stereocenters. The summed E-state index contributed by atoms with van der Waals surface area (Å²) in [6, 6.07) is 23.9. The number of nitrogens with zero attached hydrogens (tertiary/aromatic N) is 2. The molecule has 2 heterocycles. The van der Waals surface area contributed by atoms with Crippen LogP contribution in [0.15, 0.2) is 78.9 Å². The minimum absolute atomic E-state index is 0.252. The minimum Gasteiger partial charge on any atom is -0.273 e. The maximum atomic E-state index is 13.6. The second kappa shape index (κ2) is 7.84. The molecular formula is C25H21ClN2O3. The van der Waals surface area contributed by atoms with Crippen LogP contribution in [0.2, 0.25) is 5.02 Å². The lowest BCUT2D eigenvalue weighted by atomic mass is 9.90. The first-order valence-electron chi connectivity index (χ1n) is 10.3. The maximum absolute atomic E-state index is 13.6. The molecule has 3 aromatic carbocycles. The molecule has 3 aromatic rings. The van der Waals surface area contributed by atoms with Crippen LogP contribution >= 0.6 is 11.6 Å². The Hall–Kier alpha value is -3.15. The van der Waals surface area contributed by atoms with Gasteiger partial charge in [0.15, 0.2) is 6.10 Å². The van der Waals surface area contributed by atoms with Gasteiger partial charge in [0, 0.05) is 5.02 Å². The molecule has 0 radical (unpaired) electrons. The Labute approximate surface area is 185 Å². The van der Waals surface area contributed by atoms with E-state index in [0.717, 1.165) is 23.2 Å². The third-order valence-corrected chi connectivity index (χ3v) is 6.19. The fourth-order valence-corrected chi connectivity index (χ4v) is 4.47. The van der Waals surface area contributed by atoms with Crippen molar-refractivity contribution in [3.8, 4) is 0 Å². The molecule has 2 saturated heterocycles. The van der Waals surface area contributed by atoms with Crippen LogP contribution in [0.25, 0.3) is 0 Å². The largest absolute Gasteiger partial charge is 0.273 e. The Morgan fingerprint density at radius 1 is 0.839 bits per heavy atom. The van der Waals surface area contributed by atoms with Gasteiger partial charge in [0.1, 0.15) is 5.92 Å². The maximum Gasteiger partial charge on any atom is 0.266 e. The van der Waals surface area contributed by atoms with E-state index in [9.17, 15) is 9.59 Å². The fourth-order valence-electron chi connectivity index (χ4n) is 4.35. The lowest BCUT2D eigenvalue weighted by Gasteiger charge is -2.28. The topological polar surface area (TPSA) is 49.9 Å². The van der Waals surface area contributed by atoms with Gasteiger partial charge in [-0.2, -0.15) is 0 Å². The quantitative estimate of drug-likeness (QED) is 0.547. The Kier molecular flexibility index (Phi) is 5.00. The summed E-state index contributed by atoms with van der Waals surface area (Å²) in [6.45, 7) is 2.06. The number of hydroxylamine groups is 1. The molecule has 31 heavy (non-hydrogen) atoms. The number of hydrogen-bond acceptors (Lipinski definition) is 4. The molecule has 0 saturated carbocycles. The molecule has 156 valence electrons. The van der Waals surface area contributed by atoms with E-state index >= 15 is 0 Å². The molecule has 2 aliphatic heterocycles. The van der Waals surface area contributed by atoms with Gasteiger partial charge in [0.2, 0.25) is 5.91 Å². The number of hydrogen-bond donors (Lipinski definition) is 0. The highest BCUT2D eigenvalue weighted by Crippen LogP contribution is 2.47. The molecule has 0 bridgehead atoms. The van der Waals surface area contributed by atoms with E-state index in [1.807, 2.05) is 66.7 Å². The molecule has 0 unspecified atom stereocenters. The van der Waals surface area contributed by atoms with Crippen molar-refractivity contribution in [3.05, 3.63) is 95.0 Å². The average molecular weight is 433 g/mol. The Morgan fingerprint density at radius 3 is 2.16 bits per heavy atom. The second-order valence-electron chi connectivity index (χ2n) is 7.74.